The Bertz CT molecular complexity index is 459. The Hall–Kier alpha value is -1.26. The molecule has 0 amide bonds. The van der Waals surface area contributed by atoms with Crippen molar-refractivity contribution in [3.63, 3.8) is 0 Å². The smallest absolute Gasteiger partial charge is 0.161 e. The highest BCUT2D eigenvalue weighted by atomic mass is 16.6. The summed E-state index contributed by atoms with van der Waals surface area (Å²) in [6, 6.07) is 4.50. The van der Waals surface area contributed by atoms with Crippen LogP contribution < -0.4 is 14.8 Å². The molecule has 4 heteroatoms. The topological polar surface area (TPSA) is 39.7 Å². The van der Waals surface area contributed by atoms with Crippen LogP contribution in [0.15, 0.2) is 12.1 Å². The van der Waals surface area contributed by atoms with Gasteiger partial charge < -0.3 is 19.5 Å². The van der Waals surface area contributed by atoms with E-state index in [9.17, 15) is 0 Å². The first-order chi connectivity index (χ1) is 9.24. The predicted octanol–water partition coefficient (Wildman–Crippen LogP) is 2.07. The number of fused-ring (bicyclic) bond motifs is 2. The molecule has 3 rings (SSSR count). The zero-order valence-corrected chi connectivity index (χ0v) is 11.6. The molecule has 104 valence electrons. The van der Waals surface area contributed by atoms with Crippen LogP contribution in [0, 0.1) is 0 Å². The van der Waals surface area contributed by atoms with Gasteiger partial charge in [0.2, 0.25) is 0 Å². The summed E-state index contributed by atoms with van der Waals surface area (Å²) in [5.74, 6) is 1.75. The van der Waals surface area contributed by atoms with Gasteiger partial charge in [-0.2, -0.15) is 0 Å². The molecule has 1 aromatic rings. The van der Waals surface area contributed by atoms with Crippen LogP contribution in [-0.2, 0) is 11.2 Å². The molecule has 0 saturated carbocycles. The van der Waals surface area contributed by atoms with Crippen LogP contribution in [0.2, 0.25) is 0 Å². The average molecular weight is 263 g/mol. The van der Waals surface area contributed by atoms with Gasteiger partial charge >= 0.3 is 0 Å². The van der Waals surface area contributed by atoms with E-state index in [4.69, 9.17) is 14.2 Å². The van der Waals surface area contributed by atoms with Crippen LogP contribution in [0.3, 0.4) is 0 Å². The Labute approximate surface area is 114 Å². The van der Waals surface area contributed by atoms with Gasteiger partial charge in [0.15, 0.2) is 11.5 Å². The highest BCUT2D eigenvalue weighted by Gasteiger charge is 2.24. The van der Waals surface area contributed by atoms with E-state index in [0.29, 0.717) is 19.8 Å². The van der Waals surface area contributed by atoms with Crippen molar-refractivity contribution in [1.29, 1.82) is 0 Å². The summed E-state index contributed by atoms with van der Waals surface area (Å²) in [6.07, 6.45) is 1.29. The molecule has 0 spiro atoms. The molecule has 4 nitrogen and oxygen atoms in total. The summed E-state index contributed by atoms with van der Waals surface area (Å²) in [5.41, 5.74) is 2.64. The lowest BCUT2D eigenvalue weighted by Gasteiger charge is -2.30. The summed E-state index contributed by atoms with van der Waals surface area (Å²) in [5, 5.41) is 3.52. The molecule has 0 bridgehead atoms. The van der Waals surface area contributed by atoms with E-state index >= 15 is 0 Å². The molecule has 1 N–H and O–H groups in total. The summed E-state index contributed by atoms with van der Waals surface area (Å²) in [6.45, 7) is 7.08. The Morgan fingerprint density at radius 1 is 1.26 bits per heavy atom. The Balaban J connectivity index is 1.86. The van der Waals surface area contributed by atoms with E-state index in [1.54, 1.807) is 0 Å². The van der Waals surface area contributed by atoms with Crippen LogP contribution in [0.5, 0.6) is 11.5 Å². The molecule has 2 heterocycles. The number of hydrogen-bond donors (Lipinski definition) is 1. The maximum absolute atomic E-state index is 5.75. The monoisotopic (exact) mass is 263 g/mol. The van der Waals surface area contributed by atoms with Crippen LogP contribution >= 0.6 is 0 Å². The standard InChI is InChI=1S/C15H21NO3/c1-10(2)19-9-13-12-8-15-14(17-5-6-18-15)7-11(12)3-4-16-13/h7-8,10,13,16H,3-6,9H2,1-2H3. The molecule has 0 saturated heterocycles. The average Bonchev–Trinajstić information content (AvgIpc) is 2.42. The van der Waals surface area contributed by atoms with Gasteiger partial charge in [0, 0.05) is 0 Å². The second kappa shape index (κ2) is 5.39. The summed E-state index contributed by atoms with van der Waals surface area (Å²) in [7, 11) is 0. The van der Waals surface area contributed by atoms with Crippen LogP contribution in [0.25, 0.3) is 0 Å². The molecule has 1 atom stereocenters. The van der Waals surface area contributed by atoms with Gasteiger partial charge in [0.1, 0.15) is 13.2 Å². The van der Waals surface area contributed by atoms with Gasteiger partial charge in [0.25, 0.3) is 0 Å². The summed E-state index contributed by atoms with van der Waals surface area (Å²) >= 11 is 0. The maximum Gasteiger partial charge on any atom is 0.161 e. The fourth-order valence-electron chi connectivity index (χ4n) is 2.62. The third-order valence-corrected chi connectivity index (χ3v) is 3.56. The third kappa shape index (κ3) is 2.69. The quantitative estimate of drug-likeness (QED) is 0.906. The van der Waals surface area contributed by atoms with Crippen molar-refractivity contribution in [2.45, 2.75) is 32.4 Å². The number of benzene rings is 1. The van der Waals surface area contributed by atoms with E-state index in [-0.39, 0.29) is 12.1 Å². The van der Waals surface area contributed by atoms with Crippen molar-refractivity contribution >= 4 is 0 Å². The third-order valence-electron chi connectivity index (χ3n) is 3.56. The van der Waals surface area contributed by atoms with E-state index in [2.05, 4.69) is 31.3 Å². The Morgan fingerprint density at radius 2 is 2.00 bits per heavy atom. The van der Waals surface area contributed by atoms with Crippen molar-refractivity contribution < 1.29 is 14.2 Å². The molecule has 19 heavy (non-hydrogen) atoms. The molecule has 0 radical (unpaired) electrons. The molecular weight excluding hydrogens is 242 g/mol. The second-order valence-electron chi connectivity index (χ2n) is 5.33. The molecule has 0 aliphatic carbocycles. The number of ether oxygens (including phenoxy) is 3. The van der Waals surface area contributed by atoms with Crippen molar-refractivity contribution in [3.8, 4) is 11.5 Å². The van der Waals surface area contributed by atoms with Crippen molar-refractivity contribution in [2.24, 2.45) is 0 Å². The lowest BCUT2D eigenvalue weighted by Crippen LogP contribution is -2.33. The van der Waals surface area contributed by atoms with Crippen molar-refractivity contribution in [3.05, 3.63) is 23.3 Å². The molecular formula is C15H21NO3. The molecule has 1 aromatic carbocycles. The largest absolute Gasteiger partial charge is 0.486 e. The minimum atomic E-state index is 0.252. The molecule has 1 unspecified atom stereocenters. The zero-order chi connectivity index (χ0) is 13.2. The van der Waals surface area contributed by atoms with E-state index in [0.717, 1.165) is 24.5 Å². The fraction of sp³-hybridized carbons (Fsp3) is 0.600. The predicted molar refractivity (Wildman–Crippen MR) is 73.0 cm³/mol. The van der Waals surface area contributed by atoms with Crippen LogP contribution in [0.1, 0.15) is 31.0 Å². The van der Waals surface area contributed by atoms with E-state index in [1.807, 2.05) is 0 Å². The first-order valence-corrected chi connectivity index (χ1v) is 7.01. The number of rotatable bonds is 3. The Morgan fingerprint density at radius 3 is 2.74 bits per heavy atom. The van der Waals surface area contributed by atoms with Crippen molar-refractivity contribution in [1.82, 2.24) is 5.32 Å². The molecule has 0 aromatic heterocycles. The normalized spacial score (nSPS) is 21.3. The lowest BCUT2D eigenvalue weighted by molar-refractivity contribution is 0.0597. The van der Waals surface area contributed by atoms with Gasteiger partial charge in [-0.1, -0.05) is 0 Å². The second-order valence-corrected chi connectivity index (χ2v) is 5.33. The Kier molecular flexibility index (Phi) is 3.62. The highest BCUT2D eigenvalue weighted by Crippen LogP contribution is 2.37. The van der Waals surface area contributed by atoms with E-state index in [1.165, 1.54) is 11.1 Å². The molecule has 2 aliphatic heterocycles. The van der Waals surface area contributed by atoms with Crippen LogP contribution in [-0.4, -0.2) is 32.5 Å². The van der Waals surface area contributed by atoms with Gasteiger partial charge in [-0.05, 0) is 50.1 Å². The first-order valence-electron chi connectivity index (χ1n) is 7.01. The summed E-state index contributed by atoms with van der Waals surface area (Å²) < 4.78 is 17.1. The van der Waals surface area contributed by atoms with E-state index < -0.39 is 0 Å². The summed E-state index contributed by atoms with van der Waals surface area (Å²) in [4.78, 5) is 0. The SMILES string of the molecule is CC(C)OCC1NCCc2cc3c(cc21)OCCO3. The van der Waals surface area contributed by atoms with Gasteiger partial charge in [-0.15, -0.1) is 0 Å². The lowest BCUT2D eigenvalue weighted by atomic mass is 9.94. The molecule has 0 fully saturated rings. The molecule has 2 aliphatic rings. The fourth-order valence-corrected chi connectivity index (χ4v) is 2.62. The number of hydrogen-bond acceptors (Lipinski definition) is 4. The van der Waals surface area contributed by atoms with Gasteiger partial charge in [0.05, 0.1) is 18.8 Å². The maximum atomic E-state index is 5.75. The van der Waals surface area contributed by atoms with Crippen molar-refractivity contribution in [2.75, 3.05) is 26.4 Å². The minimum Gasteiger partial charge on any atom is -0.486 e. The van der Waals surface area contributed by atoms with Crippen LogP contribution in [0.4, 0.5) is 0 Å². The highest BCUT2D eigenvalue weighted by molar-refractivity contribution is 5.50. The van der Waals surface area contributed by atoms with Gasteiger partial charge in [-0.25, -0.2) is 0 Å². The first kappa shape index (κ1) is 12.8. The van der Waals surface area contributed by atoms with Gasteiger partial charge in [-0.3, -0.25) is 0 Å². The zero-order valence-electron chi connectivity index (χ0n) is 11.6. The minimum absolute atomic E-state index is 0.252. The number of nitrogens with one attached hydrogen (secondary N) is 1.